The van der Waals surface area contributed by atoms with Crippen LogP contribution in [0.2, 0.25) is 0 Å². The zero-order chi connectivity index (χ0) is 42.8. The predicted octanol–water partition coefficient (Wildman–Crippen LogP) is 17.3. The summed E-state index contributed by atoms with van der Waals surface area (Å²) >= 11 is 0. The minimum atomic E-state index is -0.429. The van der Waals surface area contributed by atoms with Crippen LogP contribution in [0.4, 0.5) is 17.1 Å². The summed E-state index contributed by atoms with van der Waals surface area (Å²) in [7, 11) is 0. The number of rotatable bonds is 8. The minimum Gasteiger partial charge on any atom is -0.310 e. The van der Waals surface area contributed by atoms with Gasteiger partial charge < -0.3 is 4.90 Å². The van der Waals surface area contributed by atoms with E-state index in [4.69, 9.17) is 0 Å². The topological polar surface area (TPSA) is 3.24 Å². The summed E-state index contributed by atoms with van der Waals surface area (Å²) in [6.45, 7) is 4.53. The molecular weight excluding hydrogens is 771 g/mol. The van der Waals surface area contributed by atoms with Crippen molar-refractivity contribution in [1.82, 2.24) is 0 Å². The Bertz CT molecular complexity index is 3280. The van der Waals surface area contributed by atoms with Crippen molar-refractivity contribution >= 4 is 44.2 Å². The average Bonchev–Trinajstić information content (AvgIpc) is 4.04. The van der Waals surface area contributed by atoms with Crippen molar-refractivity contribution in [2.75, 3.05) is 4.90 Å². The van der Waals surface area contributed by atoms with E-state index in [1.807, 2.05) is 0 Å². The van der Waals surface area contributed by atoms with E-state index >= 15 is 0 Å². The molecule has 1 unspecified atom stereocenters. The fourth-order valence-corrected chi connectivity index (χ4v) is 12.7. The van der Waals surface area contributed by atoms with Crippen LogP contribution in [0.25, 0.3) is 49.4 Å². The summed E-state index contributed by atoms with van der Waals surface area (Å²) < 4.78 is 0. The van der Waals surface area contributed by atoms with Crippen LogP contribution in [0.15, 0.2) is 211 Å². The maximum atomic E-state index is 2.57. The molecule has 8 aromatic carbocycles. The van der Waals surface area contributed by atoms with Gasteiger partial charge in [-0.3, -0.25) is 0 Å². The third-order valence-electron chi connectivity index (χ3n) is 15.2. The highest BCUT2D eigenvalue weighted by molar-refractivity contribution is 6.14. The molecule has 12 rings (SSSR count). The SMILES string of the molecule is C/C=C\C1=C(CC)c2cccc(-c3cccc(N(c4ccc5c(c4)C(C4=CC=CCC4)(c4ccccc4)c4ccccc4-5)c4cc5ccccc5c5ccccc45)c3)c2C12CCCC2. The molecule has 310 valence electrons. The average molecular weight is 824 g/mol. The first-order valence-corrected chi connectivity index (χ1v) is 23.6. The first kappa shape index (κ1) is 38.7. The molecule has 1 spiro atoms. The quantitative estimate of drug-likeness (QED) is 0.138. The summed E-state index contributed by atoms with van der Waals surface area (Å²) in [4.78, 5) is 2.57. The van der Waals surface area contributed by atoms with E-state index in [0.717, 1.165) is 30.6 Å². The van der Waals surface area contributed by atoms with E-state index in [-0.39, 0.29) is 5.41 Å². The monoisotopic (exact) mass is 823 g/mol. The Morgan fingerprint density at radius 1 is 0.594 bits per heavy atom. The van der Waals surface area contributed by atoms with Crippen molar-refractivity contribution in [3.05, 3.63) is 239 Å². The largest absolute Gasteiger partial charge is 0.310 e. The van der Waals surface area contributed by atoms with Crippen molar-refractivity contribution in [2.45, 2.75) is 69.6 Å². The number of fused-ring (bicyclic) bond motifs is 8. The van der Waals surface area contributed by atoms with Gasteiger partial charge in [-0.1, -0.05) is 195 Å². The maximum Gasteiger partial charge on any atom is 0.0677 e. The van der Waals surface area contributed by atoms with Gasteiger partial charge in [-0.25, -0.2) is 0 Å². The molecule has 1 atom stereocenters. The fraction of sp³-hybridized carbons (Fsp3) is 0.175. The Kier molecular flexibility index (Phi) is 9.30. The van der Waals surface area contributed by atoms with Crippen LogP contribution in [0.5, 0.6) is 0 Å². The van der Waals surface area contributed by atoms with Crippen LogP contribution < -0.4 is 4.90 Å². The van der Waals surface area contributed by atoms with Gasteiger partial charge in [0.25, 0.3) is 0 Å². The number of benzene rings is 8. The van der Waals surface area contributed by atoms with Crippen LogP contribution in [0.3, 0.4) is 0 Å². The van der Waals surface area contributed by atoms with Crippen molar-refractivity contribution < 1.29 is 0 Å². The minimum absolute atomic E-state index is 0.0623. The molecule has 4 aliphatic carbocycles. The van der Waals surface area contributed by atoms with Crippen LogP contribution in [0, 0.1) is 0 Å². The second-order valence-corrected chi connectivity index (χ2v) is 18.4. The molecule has 0 radical (unpaired) electrons. The maximum absolute atomic E-state index is 2.57. The molecule has 8 aromatic rings. The van der Waals surface area contributed by atoms with Gasteiger partial charge in [-0.15, -0.1) is 0 Å². The van der Waals surface area contributed by atoms with E-state index < -0.39 is 5.41 Å². The van der Waals surface area contributed by atoms with Crippen molar-refractivity contribution in [2.24, 2.45) is 0 Å². The van der Waals surface area contributed by atoms with Gasteiger partial charge in [0.2, 0.25) is 0 Å². The van der Waals surface area contributed by atoms with Gasteiger partial charge in [0, 0.05) is 22.2 Å². The Balaban J connectivity index is 1.13. The number of nitrogens with zero attached hydrogens (tertiary/aromatic N) is 1. The zero-order valence-corrected chi connectivity index (χ0v) is 36.9. The van der Waals surface area contributed by atoms with Crippen LogP contribution in [0.1, 0.15) is 86.6 Å². The Labute approximate surface area is 378 Å². The second kappa shape index (κ2) is 15.4. The van der Waals surface area contributed by atoms with Crippen LogP contribution >= 0.6 is 0 Å². The third kappa shape index (κ3) is 5.63. The van der Waals surface area contributed by atoms with Gasteiger partial charge in [0.15, 0.2) is 0 Å². The third-order valence-corrected chi connectivity index (χ3v) is 15.2. The zero-order valence-electron chi connectivity index (χ0n) is 36.9. The highest BCUT2D eigenvalue weighted by Gasteiger charge is 2.48. The lowest BCUT2D eigenvalue weighted by Gasteiger charge is -2.37. The lowest BCUT2D eigenvalue weighted by molar-refractivity contribution is 0.546. The standard InChI is InChI=1S/C63H53N/c1-3-21-57-49(4-2)56-34-20-33-51(61(56)62(57)38-17-18-39-62)43-23-19-28-47(40-43)64(60-41-44-22-11-12-29-50(44)52-30-13-14-32-55(52)60)48-36-37-54-53-31-15-16-35-58(53)63(59(54)42-48,45-24-7-5-8-25-45)46-26-9-6-10-27-46/h3,5-9,11-16,19-26,28-37,40-42H,4,10,17-18,27,38-39H2,1-2H3/b21-3-. The van der Waals surface area contributed by atoms with Crippen molar-refractivity contribution in [3.63, 3.8) is 0 Å². The summed E-state index contributed by atoms with van der Waals surface area (Å²) in [6.07, 6.45) is 19.8. The van der Waals surface area contributed by atoms with Gasteiger partial charge in [-0.05, 0) is 147 Å². The molecular formula is C63H53N. The Morgan fingerprint density at radius 2 is 1.30 bits per heavy atom. The molecule has 64 heavy (non-hydrogen) atoms. The molecule has 0 bridgehead atoms. The van der Waals surface area contributed by atoms with E-state index in [1.165, 1.54) is 109 Å². The van der Waals surface area contributed by atoms with E-state index in [2.05, 4.69) is 219 Å². The van der Waals surface area contributed by atoms with Crippen LogP contribution in [-0.2, 0) is 10.8 Å². The smallest absolute Gasteiger partial charge is 0.0677 e. The molecule has 1 saturated carbocycles. The van der Waals surface area contributed by atoms with Gasteiger partial charge in [-0.2, -0.15) is 0 Å². The van der Waals surface area contributed by atoms with E-state index in [0.29, 0.717) is 0 Å². The lowest BCUT2D eigenvalue weighted by Crippen LogP contribution is -2.30. The first-order chi connectivity index (χ1) is 31.7. The molecule has 0 amide bonds. The summed E-state index contributed by atoms with van der Waals surface area (Å²) in [5.41, 5.74) is 20.0. The summed E-state index contributed by atoms with van der Waals surface area (Å²) in [5, 5.41) is 5.02. The molecule has 0 aliphatic heterocycles. The van der Waals surface area contributed by atoms with Crippen molar-refractivity contribution in [1.29, 1.82) is 0 Å². The summed E-state index contributed by atoms with van der Waals surface area (Å²) in [6, 6.07) is 64.8. The molecule has 4 aliphatic rings. The molecule has 0 aromatic heterocycles. The summed E-state index contributed by atoms with van der Waals surface area (Å²) in [5.74, 6) is 0. The molecule has 0 N–H and O–H groups in total. The number of allylic oxidation sites excluding steroid dienone is 8. The van der Waals surface area contributed by atoms with E-state index in [9.17, 15) is 0 Å². The number of anilines is 3. The lowest BCUT2D eigenvalue weighted by atomic mass is 9.65. The molecule has 0 saturated heterocycles. The normalized spacial score (nSPS) is 18.2. The van der Waals surface area contributed by atoms with Crippen LogP contribution in [-0.4, -0.2) is 0 Å². The van der Waals surface area contributed by atoms with Crippen molar-refractivity contribution in [3.8, 4) is 22.3 Å². The molecule has 1 nitrogen and oxygen atoms in total. The second-order valence-electron chi connectivity index (χ2n) is 18.4. The highest BCUT2D eigenvalue weighted by atomic mass is 15.1. The number of hydrogen-bond acceptors (Lipinski definition) is 1. The molecule has 0 heterocycles. The fourth-order valence-electron chi connectivity index (χ4n) is 12.7. The van der Waals surface area contributed by atoms with Gasteiger partial charge >= 0.3 is 0 Å². The highest BCUT2D eigenvalue weighted by Crippen LogP contribution is 2.61. The molecule has 1 heteroatoms. The molecule has 1 fully saturated rings. The van der Waals surface area contributed by atoms with E-state index in [1.54, 1.807) is 11.1 Å². The predicted molar refractivity (Wildman–Crippen MR) is 272 cm³/mol. The van der Waals surface area contributed by atoms with Gasteiger partial charge in [0.05, 0.1) is 11.1 Å². The number of hydrogen-bond donors (Lipinski definition) is 0. The Hall–Kier alpha value is -6.96. The van der Waals surface area contributed by atoms with Gasteiger partial charge in [0.1, 0.15) is 0 Å². The first-order valence-electron chi connectivity index (χ1n) is 23.6. The Morgan fingerprint density at radius 3 is 2.11 bits per heavy atom.